The van der Waals surface area contributed by atoms with E-state index in [0.29, 0.717) is 24.8 Å². The maximum atomic E-state index is 12.9. The van der Waals surface area contributed by atoms with Gasteiger partial charge in [0.2, 0.25) is 6.79 Å². The molecule has 0 saturated heterocycles. The first kappa shape index (κ1) is 24.0. The molecule has 1 aliphatic rings. The number of nitrogens with zero attached hydrogens (tertiary/aromatic N) is 1. The van der Waals surface area contributed by atoms with Gasteiger partial charge in [-0.3, -0.25) is 4.99 Å². The number of hydrogen-bond acceptors (Lipinski definition) is 5. The van der Waals surface area contributed by atoms with E-state index in [-0.39, 0.29) is 49.7 Å². The molecule has 0 aromatic heterocycles. The Hall–Kier alpha value is -2.27. The molecular formula is C21H27FIN3O4. The van der Waals surface area contributed by atoms with Crippen molar-refractivity contribution in [1.29, 1.82) is 0 Å². The Labute approximate surface area is 192 Å². The molecule has 0 bridgehead atoms. The van der Waals surface area contributed by atoms with Crippen LogP contribution in [-0.2, 0) is 6.42 Å². The van der Waals surface area contributed by atoms with Gasteiger partial charge in [0, 0.05) is 13.1 Å². The van der Waals surface area contributed by atoms with Crippen LogP contribution in [0.1, 0.15) is 12.5 Å². The molecule has 9 heteroatoms. The van der Waals surface area contributed by atoms with E-state index < -0.39 is 6.10 Å². The van der Waals surface area contributed by atoms with Gasteiger partial charge in [0.1, 0.15) is 24.3 Å². The summed E-state index contributed by atoms with van der Waals surface area (Å²) in [4.78, 5) is 4.39. The highest BCUT2D eigenvalue weighted by Gasteiger charge is 2.13. The summed E-state index contributed by atoms with van der Waals surface area (Å²) in [7, 11) is 0. The summed E-state index contributed by atoms with van der Waals surface area (Å²) in [6.45, 7) is 3.88. The van der Waals surface area contributed by atoms with Crippen LogP contribution >= 0.6 is 24.0 Å². The maximum Gasteiger partial charge on any atom is 0.231 e. The average Bonchev–Trinajstić information content (AvgIpc) is 3.19. The fraction of sp³-hybridized carbons (Fsp3) is 0.381. The third-order valence-electron chi connectivity index (χ3n) is 4.20. The number of benzene rings is 2. The van der Waals surface area contributed by atoms with Crippen molar-refractivity contribution in [3.8, 4) is 17.2 Å². The molecular weight excluding hydrogens is 504 g/mol. The number of ether oxygens (including phenoxy) is 3. The predicted molar refractivity (Wildman–Crippen MR) is 124 cm³/mol. The Kier molecular flexibility index (Phi) is 9.95. The van der Waals surface area contributed by atoms with Crippen molar-refractivity contribution in [3.05, 3.63) is 53.8 Å². The number of rotatable bonds is 9. The maximum absolute atomic E-state index is 12.9. The number of aliphatic hydroxyl groups is 1. The molecule has 1 atom stereocenters. The molecule has 1 heterocycles. The van der Waals surface area contributed by atoms with E-state index in [2.05, 4.69) is 15.6 Å². The average molecular weight is 531 g/mol. The summed E-state index contributed by atoms with van der Waals surface area (Å²) in [5.74, 6) is 2.34. The molecule has 0 saturated carbocycles. The monoisotopic (exact) mass is 531 g/mol. The lowest BCUT2D eigenvalue weighted by Crippen LogP contribution is -2.39. The molecule has 0 aliphatic carbocycles. The van der Waals surface area contributed by atoms with Crippen LogP contribution in [0.3, 0.4) is 0 Å². The molecule has 0 spiro atoms. The van der Waals surface area contributed by atoms with Crippen LogP contribution in [0.4, 0.5) is 4.39 Å². The SMILES string of the molecule is CCNC(=NCC(O)COc1ccc(F)cc1)NCCc1ccc2c(c1)OCO2.I. The largest absolute Gasteiger partial charge is 0.491 e. The van der Waals surface area contributed by atoms with Crippen molar-refractivity contribution in [2.45, 2.75) is 19.4 Å². The zero-order valence-corrected chi connectivity index (χ0v) is 19.1. The van der Waals surface area contributed by atoms with Crippen molar-refractivity contribution in [2.75, 3.05) is 33.0 Å². The van der Waals surface area contributed by atoms with Crippen molar-refractivity contribution in [3.63, 3.8) is 0 Å². The fourth-order valence-corrected chi connectivity index (χ4v) is 2.74. The van der Waals surface area contributed by atoms with Gasteiger partial charge in [0.05, 0.1) is 6.54 Å². The number of guanidine groups is 1. The van der Waals surface area contributed by atoms with Gasteiger partial charge < -0.3 is 30.0 Å². The number of aliphatic imine (C=N–C) groups is 1. The normalized spacial score (nSPS) is 13.4. The predicted octanol–water partition coefficient (Wildman–Crippen LogP) is 2.71. The highest BCUT2D eigenvalue weighted by Crippen LogP contribution is 2.32. The third kappa shape index (κ3) is 7.52. The van der Waals surface area contributed by atoms with E-state index in [1.807, 2.05) is 25.1 Å². The lowest BCUT2D eigenvalue weighted by molar-refractivity contribution is 0.114. The van der Waals surface area contributed by atoms with Crippen LogP contribution < -0.4 is 24.8 Å². The van der Waals surface area contributed by atoms with E-state index in [1.54, 1.807) is 0 Å². The smallest absolute Gasteiger partial charge is 0.231 e. The molecule has 2 aromatic carbocycles. The summed E-state index contributed by atoms with van der Waals surface area (Å²) in [6.07, 6.45) is 0.0152. The van der Waals surface area contributed by atoms with Crippen molar-refractivity contribution >= 4 is 29.9 Å². The molecule has 30 heavy (non-hydrogen) atoms. The second-order valence-electron chi connectivity index (χ2n) is 6.50. The Balaban J connectivity index is 0.00000320. The lowest BCUT2D eigenvalue weighted by atomic mass is 10.1. The second kappa shape index (κ2) is 12.4. The zero-order chi connectivity index (χ0) is 20.5. The van der Waals surface area contributed by atoms with Gasteiger partial charge in [-0.25, -0.2) is 4.39 Å². The van der Waals surface area contributed by atoms with Gasteiger partial charge >= 0.3 is 0 Å². The van der Waals surface area contributed by atoms with E-state index in [0.717, 1.165) is 23.5 Å². The molecule has 7 nitrogen and oxygen atoms in total. The topological polar surface area (TPSA) is 84.3 Å². The quantitative estimate of drug-likeness (QED) is 0.262. The summed E-state index contributed by atoms with van der Waals surface area (Å²) in [5, 5.41) is 16.5. The Morgan fingerprint density at radius 3 is 2.70 bits per heavy atom. The number of hydrogen-bond donors (Lipinski definition) is 3. The Morgan fingerprint density at radius 1 is 1.17 bits per heavy atom. The summed E-state index contributed by atoms with van der Waals surface area (Å²) in [6, 6.07) is 11.6. The molecule has 0 amide bonds. The van der Waals surface area contributed by atoms with Crippen LogP contribution in [0.5, 0.6) is 17.2 Å². The lowest BCUT2D eigenvalue weighted by Gasteiger charge is -2.14. The molecule has 1 aliphatic heterocycles. The van der Waals surface area contributed by atoms with Crippen LogP contribution in [-0.4, -0.2) is 50.2 Å². The Morgan fingerprint density at radius 2 is 1.93 bits per heavy atom. The van der Waals surface area contributed by atoms with Gasteiger partial charge in [-0.15, -0.1) is 24.0 Å². The van der Waals surface area contributed by atoms with E-state index in [9.17, 15) is 9.50 Å². The van der Waals surface area contributed by atoms with Crippen LogP contribution in [0.15, 0.2) is 47.5 Å². The van der Waals surface area contributed by atoms with E-state index >= 15 is 0 Å². The van der Waals surface area contributed by atoms with Gasteiger partial charge in [-0.1, -0.05) is 6.07 Å². The highest BCUT2D eigenvalue weighted by atomic mass is 127. The summed E-state index contributed by atoms with van der Waals surface area (Å²) in [5.41, 5.74) is 1.13. The van der Waals surface area contributed by atoms with Crippen LogP contribution in [0.2, 0.25) is 0 Å². The number of nitrogens with one attached hydrogen (secondary N) is 2. The first-order valence-electron chi connectivity index (χ1n) is 9.61. The molecule has 1 unspecified atom stereocenters. The second-order valence-corrected chi connectivity index (χ2v) is 6.50. The van der Waals surface area contributed by atoms with Gasteiger partial charge in [0.25, 0.3) is 0 Å². The first-order chi connectivity index (χ1) is 14.1. The number of aliphatic hydroxyl groups excluding tert-OH is 1. The van der Waals surface area contributed by atoms with Gasteiger partial charge in [0.15, 0.2) is 17.5 Å². The van der Waals surface area contributed by atoms with E-state index in [4.69, 9.17) is 14.2 Å². The minimum atomic E-state index is -0.774. The molecule has 0 fully saturated rings. The van der Waals surface area contributed by atoms with Crippen LogP contribution in [0, 0.1) is 5.82 Å². The standard InChI is InChI=1S/C21H26FN3O4.HI/c1-2-23-21(24-10-9-15-3-8-19-20(11-15)29-14-28-19)25-12-17(26)13-27-18-6-4-16(22)5-7-18;/h3-8,11,17,26H,2,9-10,12-14H2,1H3,(H2,23,24,25);1H. The van der Waals surface area contributed by atoms with Gasteiger partial charge in [-0.2, -0.15) is 0 Å². The molecule has 0 radical (unpaired) electrons. The fourth-order valence-electron chi connectivity index (χ4n) is 2.74. The molecule has 3 rings (SSSR count). The van der Waals surface area contributed by atoms with Crippen LogP contribution in [0.25, 0.3) is 0 Å². The highest BCUT2D eigenvalue weighted by molar-refractivity contribution is 14.0. The Bertz CT molecular complexity index is 820. The van der Waals surface area contributed by atoms with Crippen molar-refractivity contribution in [2.24, 2.45) is 4.99 Å². The molecule has 3 N–H and O–H groups in total. The zero-order valence-electron chi connectivity index (χ0n) is 16.8. The minimum Gasteiger partial charge on any atom is -0.491 e. The number of halogens is 2. The van der Waals surface area contributed by atoms with Gasteiger partial charge in [-0.05, 0) is 55.3 Å². The summed E-state index contributed by atoms with van der Waals surface area (Å²) >= 11 is 0. The van der Waals surface area contributed by atoms with Crippen molar-refractivity contribution in [1.82, 2.24) is 10.6 Å². The molecule has 164 valence electrons. The third-order valence-corrected chi connectivity index (χ3v) is 4.20. The molecule has 2 aromatic rings. The summed E-state index contributed by atoms with van der Waals surface area (Å²) < 4.78 is 29.0. The number of fused-ring (bicyclic) bond motifs is 1. The minimum absolute atomic E-state index is 0. The van der Waals surface area contributed by atoms with Crippen molar-refractivity contribution < 1.29 is 23.7 Å². The first-order valence-corrected chi connectivity index (χ1v) is 9.61. The van der Waals surface area contributed by atoms with E-state index in [1.165, 1.54) is 24.3 Å².